The Labute approximate surface area is 117 Å². The van der Waals surface area contributed by atoms with Gasteiger partial charge in [0.15, 0.2) is 0 Å². The van der Waals surface area contributed by atoms with Crippen molar-refractivity contribution < 1.29 is 0 Å². The molecule has 0 spiro atoms. The molecule has 0 N–H and O–H groups in total. The lowest BCUT2D eigenvalue weighted by molar-refractivity contribution is 0.198. The molecule has 0 nitrogen and oxygen atoms in total. The predicted octanol–water partition coefficient (Wildman–Crippen LogP) is 5.73. The molecule has 2 aromatic rings. The number of hydrogen-bond donors (Lipinski definition) is 0. The molecule has 0 saturated heterocycles. The van der Waals surface area contributed by atoms with E-state index in [2.05, 4.69) is 57.2 Å². The second-order valence-electron chi connectivity index (χ2n) is 6.81. The third-order valence-electron chi connectivity index (χ3n) is 5.14. The van der Waals surface area contributed by atoms with E-state index in [1.165, 1.54) is 30.0 Å². The summed E-state index contributed by atoms with van der Waals surface area (Å²) >= 11 is 0. The molecule has 3 atom stereocenters. The van der Waals surface area contributed by atoms with E-state index in [0.717, 1.165) is 23.7 Å². The largest absolute Gasteiger partial charge is 0.148 e. The van der Waals surface area contributed by atoms with E-state index in [9.17, 15) is 0 Å². The van der Waals surface area contributed by atoms with Crippen LogP contribution < -0.4 is 0 Å². The van der Waals surface area contributed by atoms with E-state index in [4.69, 9.17) is 0 Å². The molecule has 1 aliphatic rings. The summed E-state index contributed by atoms with van der Waals surface area (Å²) in [4.78, 5) is 0. The summed E-state index contributed by atoms with van der Waals surface area (Å²) in [6.45, 7) is 7.23. The van der Waals surface area contributed by atoms with E-state index < -0.39 is 0 Å². The van der Waals surface area contributed by atoms with Crippen LogP contribution >= 0.6 is 0 Å². The SMILES string of the molecule is CC1CC[C@H](C(C)C)[C@H](c2cc[c-]3ccccc23)C1. The van der Waals surface area contributed by atoms with Gasteiger partial charge in [-0.1, -0.05) is 39.0 Å². The Balaban J connectivity index is 2.02. The van der Waals surface area contributed by atoms with Crippen LogP contribution in [-0.2, 0) is 0 Å². The molecule has 0 heterocycles. The van der Waals surface area contributed by atoms with Crippen LogP contribution in [0.2, 0.25) is 0 Å². The van der Waals surface area contributed by atoms with Gasteiger partial charge in [-0.05, 0) is 30.1 Å². The monoisotopic (exact) mass is 253 g/mol. The van der Waals surface area contributed by atoms with Crippen molar-refractivity contribution in [2.45, 2.75) is 46.0 Å². The Morgan fingerprint density at radius 2 is 1.95 bits per heavy atom. The third kappa shape index (κ3) is 2.33. The van der Waals surface area contributed by atoms with Crippen LogP contribution in [0.4, 0.5) is 0 Å². The normalized spacial score (nSPS) is 28.1. The average molecular weight is 253 g/mol. The Morgan fingerprint density at radius 1 is 1.11 bits per heavy atom. The minimum absolute atomic E-state index is 0.767. The van der Waals surface area contributed by atoms with Crippen LogP contribution in [0.1, 0.15) is 51.5 Å². The van der Waals surface area contributed by atoms with Gasteiger partial charge in [0.1, 0.15) is 0 Å². The van der Waals surface area contributed by atoms with Crippen molar-refractivity contribution in [3.63, 3.8) is 0 Å². The Hall–Kier alpha value is -1.17. The van der Waals surface area contributed by atoms with Gasteiger partial charge in [-0.3, -0.25) is 0 Å². The van der Waals surface area contributed by atoms with Gasteiger partial charge < -0.3 is 0 Å². The quantitative estimate of drug-likeness (QED) is 0.599. The van der Waals surface area contributed by atoms with E-state index in [0.29, 0.717) is 0 Å². The molecule has 0 amide bonds. The fourth-order valence-electron chi connectivity index (χ4n) is 4.06. The van der Waals surface area contributed by atoms with Crippen molar-refractivity contribution in [3.8, 4) is 0 Å². The first-order chi connectivity index (χ1) is 9.16. The first-order valence-electron chi connectivity index (χ1n) is 7.81. The zero-order valence-electron chi connectivity index (χ0n) is 12.4. The highest BCUT2D eigenvalue weighted by Gasteiger charge is 2.30. The number of rotatable bonds is 2. The average Bonchev–Trinajstić information content (AvgIpc) is 2.82. The first-order valence-corrected chi connectivity index (χ1v) is 7.81. The summed E-state index contributed by atoms with van der Waals surface area (Å²) in [6, 6.07) is 13.6. The van der Waals surface area contributed by atoms with Crippen molar-refractivity contribution in [2.75, 3.05) is 0 Å². The van der Waals surface area contributed by atoms with Gasteiger partial charge in [0.25, 0.3) is 0 Å². The van der Waals surface area contributed by atoms with Crippen molar-refractivity contribution >= 4 is 10.8 Å². The Kier molecular flexibility index (Phi) is 3.43. The highest BCUT2D eigenvalue weighted by molar-refractivity contribution is 5.88. The minimum Gasteiger partial charge on any atom is -0.148 e. The lowest BCUT2D eigenvalue weighted by atomic mass is 9.67. The van der Waals surface area contributed by atoms with Crippen molar-refractivity contribution in [3.05, 3.63) is 42.0 Å². The van der Waals surface area contributed by atoms with E-state index in [1.807, 2.05) is 0 Å². The van der Waals surface area contributed by atoms with Crippen LogP contribution in [0.15, 0.2) is 36.4 Å². The Morgan fingerprint density at radius 3 is 2.74 bits per heavy atom. The van der Waals surface area contributed by atoms with Crippen LogP contribution in [0.25, 0.3) is 10.8 Å². The number of benzene rings is 1. The van der Waals surface area contributed by atoms with Gasteiger partial charge in [-0.15, -0.1) is 47.3 Å². The third-order valence-corrected chi connectivity index (χ3v) is 5.14. The molecule has 0 aromatic heterocycles. The molecular weight excluding hydrogens is 228 g/mol. The maximum absolute atomic E-state index is 2.43. The highest BCUT2D eigenvalue weighted by Crippen LogP contribution is 2.46. The Bertz CT molecular complexity index is 546. The van der Waals surface area contributed by atoms with Gasteiger partial charge in [-0.2, -0.15) is 0 Å². The van der Waals surface area contributed by atoms with Gasteiger partial charge in [0, 0.05) is 0 Å². The van der Waals surface area contributed by atoms with Gasteiger partial charge in [0.2, 0.25) is 0 Å². The van der Waals surface area contributed by atoms with E-state index in [-0.39, 0.29) is 0 Å². The lowest BCUT2D eigenvalue weighted by Gasteiger charge is -2.39. The summed E-state index contributed by atoms with van der Waals surface area (Å²) in [5, 5.41) is 2.91. The molecule has 1 saturated carbocycles. The fraction of sp³-hybridized carbons (Fsp3) is 0.526. The van der Waals surface area contributed by atoms with Gasteiger partial charge >= 0.3 is 0 Å². The van der Waals surface area contributed by atoms with Crippen LogP contribution in [0, 0.1) is 17.8 Å². The smallest absolute Gasteiger partial charge is 0.0392 e. The molecule has 102 valence electrons. The number of hydrogen-bond acceptors (Lipinski definition) is 0. The molecule has 19 heavy (non-hydrogen) atoms. The summed E-state index contributed by atoms with van der Waals surface area (Å²) in [5.74, 6) is 3.31. The standard InChI is InChI=1S/C19H25/c1-13(2)16-10-8-14(3)12-19(16)18-11-9-15-6-4-5-7-17(15)18/h4-7,9,11,13-14,16,19H,8,10,12H2,1-3H3/q-1/t14?,16-,19-/m1/s1. The van der Waals surface area contributed by atoms with Crippen LogP contribution in [0.5, 0.6) is 0 Å². The molecule has 1 aliphatic carbocycles. The van der Waals surface area contributed by atoms with Crippen molar-refractivity contribution in [2.24, 2.45) is 17.8 Å². The first kappa shape index (κ1) is 12.8. The number of fused-ring (bicyclic) bond motifs is 1. The molecule has 2 aromatic carbocycles. The van der Waals surface area contributed by atoms with Crippen molar-refractivity contribution in [1.82, 2.24) is 0 Å². The van der Waals surface area contributed by atoms with Crippen LogP contribution in [0.3, 0.4) is 0 Å². The lowest BCUT2D eigenvalue weighted by Crippen LogP contribution is -2.25. The van der Waals surface area contributed by atoms with Crippen LogP contribution in [-0.4, -0.2) is 0 Å². The zero-order chi connectivity index (χ0) is 13.4. The summed E-state index contributed by atoms with van der Waals surface area (Å²) in [5.41, 5.74) is 1.61. The summed E-state index contributed by atoms with van der Waals surface area (Å²) in [7, 11) is 0. The summed E-state index contributed by atoms with van der Waals surface area (Å²) in [6.07, 6.45) is 4.19. The maximum atomic E-state index is 2.43. The maximum Gasteiger partial charge on any atom is -0.0392 e. The molecule has 0 radical (unpaired) electrons. The molecular formula is C19H25-. The predicted molar refractivity (Wildman–Crippen MR) is 83.6 cm³/mol. The molecule has 1 unspecified atom stereocenters. The zero-order valence-corrected chi connectivity index (χ0v) is 12.4. The van der Waals surface area contributed by atoms with E-state index in [1.54, 1.807) is 5.56 Å². The highest BCUT2D eigenvalue weighted by atomic mass is 14.4. The molecule has 0 heteroatoms. The minimum atomic E-state index is 0.767. The van der Waals surface area contributed by atoms with Gasteiger partial charge in [-0.25, -0.2) is 0 Å². The fourth-order valence-corrected chi connectivity index (χ4v) is 4.06. The second-order valence-corrected chi connectivity index (χ2v) is 6.81. The molecule has 1 fully saturated rings. The van der Waals surface area contributed by atoms with Gasteiger partial charge in [0.05, 0.1) is 0 Å². The second kappa shape index (κ2) is 5.07. The molecule has 3 rings (SSSR count). The van der Waals surface area contributed by atoms with E-state index >= 15 is 0 Å². The molecule has 0 aliphatic heterocycles. The summed E-state index contributed by atoms with van der Waals surface area (Å²) < 4.78 is 0. The topological polar surface area (TPSA) is 0 Å². The van der Waals surface area contributed by atoms with Crippen molar-refractivity contribution in [1.29, 1.82) is 0 Å². The molecule has 0 bridgehead atoms.